The van der Waals surface area contributed by atoms with Crippen molar-refractivity contribution < 1.29 is 9.90 Å². The third-order valence-electron chi connectivity index (χ3n) is 4.35. The summed E-state index contributed by atoms with van der Waals surface area (Å²) >= 11 is 0. The second kappa shape index (κ2) is 7.83. The van der Waals surface area contributed by atoms with Crippen molar-refractivity contribution in [2.45, 2.75) is 59.2 Å². The van der Waals surface area contributed by atoms with Crippen LogP contribution in [0, 0.1) is 6.92 Å². The van der Waals surface area contributed by atoms with Gasteiger partial charge in [0.1, 0.15) is 0 Å². The number of carbonyl (C=O) groups is 1. The van der Waals surface area contributed by atoms with Crippen LogP contribution in [0.5, 0.6) is 0 Å². The van der Waals surface area contributed by atoms with Crippen LogP contribution in [0.1, 0.15) is 54.4 Å². The van der Waals surface area contributed by atoms with Crippen LogP contribution in [0.3, 0.4) is 0 Å². The Balaban J connectivity index is 2.00. The van der Waals surface area contributed by atoms with Crippen LogP contribution in [0.25, 0.3) is 0 Å². The first-order chi connectivity index (χ1) is 11.7. The van der Waals surface area contributed by atoms with Gasteiger partial charge in [-0.25, -0.2) is 0 Å². The van der Waals surface area contributed by atoms with E-state index in [2.05, 4.69) is 5.10 Å². The number of benzene rings is 1. The molecule has 0 unspecified atom stereocenters. The Bertz CT molecular complexity index is 712. The van der Waals surface area contributed by atoms with Crippen molar-refractivity contribution >= 4 is 5.91 Å². The molecule has 136 valence electrons. The average molecular weight is 343 g/mol. The molecule has 0 saturated heterocycles. The molecule has 5 heteroatoms. The van der Waals surface area contributed by atoms with E-state index in [9.17, 15) is 9.90 Å². The van der Waals surface area contributed by atoms with E-state index in [0.29, 0.717) is 18.5 Å². The third-order valence-corrected chi connectivity index (χ3v) is 4.35. The molecule has 2 aromatic rings. The van der Waals surface area contributed by atoms with E-state index in [1.165, 1.54) is 0 Å². The van der Waals surface area contributed by atoms with E-state index in [4.69, 9.17) is 0 Å². The van der Waals surface area contributed by atoms with Crippen LogP contribution in [0.2, 0.25) is 0 Å². The number of hydrogen-bond donors (Lipinski definition) is 1. The van der Waals surface area contributed by atoms with Crippen molar-refractivity contribution in [2.75, 3.05) is 7.05 Å². The predicted molar refractivity (Wildman–Crippen MR) is 99.5 cm³/mol. The molecule has 5 nitrogen and oxygen atoms in total. The molecule has 0 bridgehead atoms. The minimum Gasteiger partial charge on any atom is -0.390 e. The first-order valence-corrected chi connectivity index (χ1v) is 8.79. The van der Waals surface area contributed by atoms with E-state index < -0.39 is 5.60 Å². The highest BCUT2D eigenvalue weighted by molar-refractivity contribution is 5.94. The highest BCUT2D eigenvalue weighted by Gasteiger charge is 2.15. The quantitative estimate of drug-likeness (QED) is 0.840. The van der Waals surface area contributed by atoms with Gasteiger partial charge in [0.15, 0.2) is 0 Å². The van der Waals surface area contributed by atoms with E-state index in [0.717, 1.165) is 29.8 Å². The van der Waals surface area contributed by atoms with Crippen molar-refractivity contribution in [1.82, 2.24) is 14.7 Å². The molecule has 1 amide bonds. The Labute approximate surface area is 150 Å². The smallest absolute Gasteiger partial charge is 0.253 e. The number of aromatic nitrogens is 2. The molecule has 1 heterocycles. The summed E-state index contributed by atoms with van der Waals surface area (Å²) in [5.74, 6) is -0.00214. The molecule has 2 rings (SSSR count). The molecule has 0 aliphatic rings. The average Bonchev–Trinajstić information content (AvgIpc) is 2.92. The van der Waals surface area contributed by atoms with Gasteiger partial charge in [-0.15, -0.1) is 0 Å². The number of amides is 1. The molecule has 0 saturated carbocycles. The Hall–Kier alpha value is -2.14. The Morgan fingerprint density at radius 1 is 1.28 bits per heavy atom. The lowest BCUT2D eigenvalue weighted by Gasteiger charge is -2.18. The molecule has 25 heavy (non-hydrogen) atoms. The normalized spacial score (nSPS) is 11.6. The van der Waals surface area contributed by atoms with Gasteiger partial charge in [-0.2, -0.15) is 5.10 Å². The predicted octanol–water partition coefficient (Wildman–Crippen LogP) is 3.19. The Morgan fingerprint density at radius 2 is 1.92 bits per heavy atom. The van der Waals surface area contributed by atoms with E-state index in [1.807, 2.05) is 69.9 Å². The molecular formula is C20H29N3O2. The number of hydrogen-bond acceptors (Lipinski definition) is 3. The fourth-order valence-corrected chi connectivity index (χ4v) is 2.69. The van der Waals surface area contributed by atoms with Crippen LogP contribution in [-0.2, 0) is 19.5 Å². The second-order valence-electron chi connectivity index (χ2n) is 7.27. The fraction of sp³-hybridized carbons (Fsp3) is 0.500. The van der Waals surface area contributed by atoms with Gasteiger partial charge in [0.05, 0.1) is 11.3 Å². The molecule has 1 aromatic carbocycles. The van der Waals surface area contributed by atoms with Gasteiger partial charge in [-0.3, -0.25) is 9.48 Å². The van der Waals surface area contributed by atoms with E-state index in [-0.39, 0.29) is 5.91 Å². The summed E-state index contributed by atoms with van der Waals surface area (Å²) < 4.78 is 1.89. The van der Waals surface area contributed by atoms with Gasteiger partial charge in [-0.05, 0) is 58.2 Å². The maximum absolute atomic E-state index is 12.6. The highest BCUT2D eigenvalue weighted by atomic mass is 16.3. The number of aliphatic hydroxyl groups is 1. The highest BCUT2D eigenvalue weighted by Crippen LogP contribution is 2.15. The molecule has 0 fully saturated rings. The largest absolute Gasteiger partial charge is 0.390 e. The van der Waals surface area contributed by atoms with Gasteiger partial charge in [0.25, 0.3) is 5.91 Å². The Morgan fingerprint density at radius 3 is 2.44 bits per heavy atom. The second-order valence-corrected chi connectivity index (χ2v) is 7.27. The number of aryl methyl sites for hydroxylation is 3. The van der Waals surface area contributed by atoms with E-state index >= 15 is 0 Å². The third kappa shape index (κ3) is 5.43. The summed E-state index contributed by atoms with van der Waals surface area (Å²) in [5.41, 5.74) is 3.16. The minimum absolute atomic E-state index is 0.00214. The van der Waals surface area contributed by atoms with Crippen molar-refractivity contribution in [3.05, 3.63) is 52.8 Å². The number of nitrogens with zero attached hydrogens (tertiary/aromatic N) is 3. The lowest BCUT2D eigenvalue weighted by Crippen LogP contribution is -2.26. The molecule has 1 N–H and O–H groups in total. The van der Waals surface area contributed by atoms with E-state index in [1.54, 1.807) is 4.90 Å². The zero-order valence-corrected chi connectivity index (χ0v) is 15.9. The summed E-state index contributed by atoms with van der Waals surface area (Å²) in [6, 6.07) is 7.65. The Kier molecular flexibility index (Phi) is 6.01. The zero-order valence-electron chi connectivity index (χ0n) is 15.9. The summed E-state index contributed by atoms with van der Waals surface area (Å²) in [6.07, 6.45) is 3.49. The molecule has 0 aliphatic carbocycles. The lowest BCUT2D eigenvalue weighted by atomic mass is 9.98. The SMILES string of the molecule is CCn1cc(CN(C)C(=O)c2ccc(CCC(C)(C)O)cc2)c(C)n1. The molecule has 0 atom stereocenters. The number of carbonyl (C=O) groups excluding carboxylic acids is 1. The van der Waals surface area contributed by atoms with Crippen LogP contribution in [0.15, 0.2) is 30.5 Å². The first-order valence-electron chi connectivity index (χ1n) is 8.79. The maximum Gasteiger partial charge on any atom is 0.253 e. The van der Waals surface area contributed by atoms with Crippen molar-refractivity contribution in [1.29, 1.82) is 0 Å². The lowest BCUT2D eigenvalue weighted by molar-refractivity contribution is 0.0713. The number of rotatable bonds is 7. The fourth-order valence-electron chi connectivity index (χ4n) is 2.69. The van der Waals surface area contributed by atoms with Crippen molar-refractivity contribution in [3.8, 4) is 0 Å². The molecule has 0 aliphatic heterocycles. The van der Waals surface area contributed by atoms with Crippen molar-refractivity contribution in [3.63, 3.8) is 0 Å². The molecule has 0 radical (unpaired) electrons. The summed E-state index contributed by atoms with van der Waals surface area (Å²) in [6.45, 7) is 9.00. The first kappa shape index (κ1) is 19.2. The topological polar surface area (TPSA) is 58.4 Å². The standard InChI is InChI=1S/C20H29N3O2/c1-6-23-14-18(15(2)21-23)13-22(5)19(24)17-9-7-16(8-10-17)11-12-20(3,4)25/h7-10,14,25H,6,11-13H2,1-5H3. The molecule has 0 spiro atoms. The van der Waals surface area contributed by atoms with Crippen LogP contribution >= 0.6 is 0 Å². The zero-order chi connectivity index (χ0) is 18.6. The molecular weight excluding hydrogens is 314 g/mol. The van der Waals surface area contributed by atoms with Crippen molar-refractivity contribution in [2.24, 2.45) is 0 Å². The molecule has 1 aromatic heterocycles. The van der Waals surface area contributed by atoms with Crippen LogP contribution in [-0.4, -0.2) is 38.3 Å². The van der Waals surface area contributed by atoms with Gasteiger partial charge >= 0.3 is 0 Å². The van der Waals surface area contributed by atoms with Crippen LogP contribution in [0.4, 0.5) is 0 Å². The maximum atomic E-state index is 12.6. The van der Waals surface area contributed by atoms with Gasteiger partial charge in [0.2, 0.25) is 0 Å². The summed E-state index contributed by atoms with van der Waals surface area (Å²) in [7, 11) is 1.81. The minimum atomic E-state index is -0.671. The summed E-state index contributed by atoms with van der Waals surface area (Å²) in [4.78, 5) is 14.3. The van der Waals surface area contributed by atoms with Crippen LogP contribution < -0.4 is 0 Å². The monoisotopic (exact) mass is 343 g/mol. The van der Waals surface area contributed by atoms with Gasteiger partial charge in [-0.1, -0.05) is 12.1 Å². The van der Waals surface area contributed by atoms with Gasteiger partial charge in [0, 0.05) is 37.5 Å². The summed E-state index contributed by atoms with van der Waals surface area (Å²) in [5, 5.41) is 14.2. The van der Waals surface area contributed by atoms with Gasteiger partial charge < -0.3 is 10.0 Å².